The van der Waals surface area contributed by atoms with Gasteiger partial charge in [0.15, 0.2) is 5.82 Å². The highest BCUT2D eigenvalue weighted by Gasteiger charge is 2.18. The summed E-state index contributed by atoms with van der Waals surface area (Å²) in [6, 6.07) is 1.37. The van der Waals surface area contributed by atoms with Crippen molar-refractivity contribution >= 4 is 5.91 Å². The molecule has 0 spiro atoms. The van der Waals surface area contributed by atoms with Crippen LogP contribution in [-0.2, 0) is 6.42 Å². The van der Waals surface area contributed by atoms with Crippen LogP contribution in [0.15, 0.2) is 10.6 Å². The molecule has 2 aromatic heterocycles. The highest BCUT2D eigenvalue weighted by atomic mass is 16.5. The predicted octanol–water partition coefficient (Wildman–Crippen LogP) is 1.79. The molecule has 2 rings (SSSR count). The lowest BCUT2D eigenvalue weighted by atomic mass is 10.1. The molecule has 1 atom stereocenters. The fourth-order valence-electron chi connectivity index (χ4n) is 1.82. The zero-order valence-electron chi connectivity index (χ0n) is 12.1. The molecule has 0 fully saturated rings. The molecule has 0 radical (unpaired) electrons. The second kappa shape index (κ2) is 5.85. The molecule has 7 nitrogen and oxygen atoms in total. The summed E-state index contributed by atoms with van der Waals surface area (Å²) in [5.74, 6) is 1.60. The molecule has 108 valence electrons. The Morgan fingerprint density at radius 3 is 2.80 bits per heavy atom. The van der Waals surface area contributed by atoms with Crippen LogP contribution in [0.4, 0.5) is 0 Å². The number of aromatic nitrogens is 4. The molecule has 0 aliphatic carbocycles. The fraction of sp³-hybridized carbons (Fsp3) is 0.538. The van der Waals surface area contributed by atoms with E-state index in [1.54, 1.807) is 13.0 Å². The van der Waals surface area contributed by atoms with Gasteiger partial charge >= 0.3 is 0 Å². The molecule has 0 bridgehead atoms. The maximum atomic E-state index is 12.0. The van der Waals surface area contributed by atoms with Gasteiger partial charge in [-0.05, 0) is 26.2 Å². The molecule has 2 aromatic rings. The van der Waals surface area contributed by atoms with Crippen molar-refractivity contribution in [2.75, 3.05) is 0 Å². The normalized spacial score (nSPS) is 12.7. The average Bonchev–Trinajstić information content (AvgIpc) is 2.97. The summed E-state index contributed by atoms with van der Waals surface area (Å²) < 4.78 is 5.06. The summed E-state index contributed by atoms with van der Waals surface area (Å²) in [5, 5.41) is 13.4. The number of rotatable bonds is 5. The molecule has 1 amide bonds. The van der Waals surface area contributed by atoms with Gasteiger partial charge in [0.05, 0.1) is 11.7 Å². The second-order valence-electron chi connectivity index (χ2n) is 5.25. The van der Waals surface area contributed by atoms with Gasteiger partial charge in [-0.15, -0.1) is 0 Å². The Balaban J connectivity index is 1.99. The maximum absolute atomic E-state index is 12.0. The summed E-state index contributed by atoms with van der Waals surface area (Å²) >= 11 is 0. The minimum absolute atomic E-state index is 0.208. The van der Waals surface area contributed by atoms with E-state index in [9.17, 15) is 4.79 Å². The van der Waals surface area contributed by atoms with E-state index >= 15 is 0 Å². The van der Waals surface area contributed by atoms with Gasteiger partial charge in [-0.1, -0.05) is 19.0 Å². The summed E-state index contributed by atoms with van der Waals surface area (Å²) in [7, 11) is 0. The first-order valence-electron chi connectivity index (χ1n) is 6.61. The van der Waals surface area contributed by atoms with Crippen molar-refractivity contribution in [3.05, 3.63) is 29.2 Å². The Hall–Kier alpha value is -2.18. The molecular formula is C13H19N5O2. The van der Waals surface area contributed by atoms with Gasteiger partial charge in [-0.3, -0.25) is 9.89 Å². The van der Waals surface area contributed by atoms with Gasteiger partial charge in [0.1, 0.15) is 5.82 Å². The van der Waals surface area contributed by atoms with Crippen molar-refractivity contribution in [1.29, 1.82) is 0 Å². The molecule has 0 aromatic carbocycles. The van der Waals surface area contributed by atoms with Crippen LogP contribution in [-0.4, -0.2) is 26.2 Å². The largest absolute Gasteiger partial charge is 0.351 e. The summed E-state index contributed by atoms with van der Waals surface area (Å²) in [5.41, 5.74) is 0.784. The topological polar surface area (TPSA) is 96.7 Å². The Kier molecular flexibility index (Phi) is 4.16. The molecule has 0 saturated heterocycles. The van der Waals surface area contributed by atoms with Crippen LogP contribution < -0.4 is 5.32 Å². The van der Waals surface area contributed by atoms with E-state index in [1.807, 2.05) is 6.92 Å². The predicted molar refractivity (Wildman–Crippen MR) is 72.0 cm³/mol. The molecular weight excluding hydrogens is 258 g/mol. The average molecular weight is 277 g/mol. The van der Waals surface area contributed by atoms with Crippen molar-refractivity contribution in [3.8, 4) is 0 Å². The van der Waals surface area contributed by atoms with E-state index in [0.29, 0.717) is 17.6 Å². The van der Waals surface area contributed by atoms with Gasteiger partial charge < -0.3 is 9.84 Å². The van der Waals surface area contributed by atoms with E-state index in [2.05, 4.69) is 39.5 Å². The third-order valence-corrected chi connectivity index (χ3v) is 2.75. The van der Waals surface area contributed by atoms with Crippen LogP contribution in [0.25, 0.3) is 0 Å². The Morgan fingerprint density at radius 1 is 1.45 bits per heavy atom. The first-order valence-corrected chi connectivity index (χ1v) is 6.61. The number of hydrogen-bond donors (Lipinski definition) is 2. The van der Waals surface area contributed by atoms with Crippen LogP contribution in [0.1, 0.15) is 54.7 Å². The van der Waals surface area contributed by atoms with Crippen LogP contribution in [0.5, 0.6) is 0 Å². The minimum Gasteiger partial charge on any atom is -0.351 e. The van der Waals surface area contributed by atoms with Crippen molar-refractivity contribution < 1.29 is 9.32 Å². The molecule has 0 unspecified atom stereocenters. The molecule has 20 heavy (non-hydrogen) atoms. The van der Waals surface area contributed by atoms with Crippen LogP contribution in [0.3, 0.4) is 0 Å². The summed E-state index contributed by atoms with van der Waals surface area (Å²) in [4.78, 5) is 16.2. The second-order valence-corrected chi connectivity index (χ2v) is 5.25. The third kappa shape index (κ3) is 3.43. The standard InChI is InChI=1S/C13H19N5O2/c1-7(2)5-10-6-11(20-18-10)13(19)14-8(3)12-15-9(4)16-17-12/h6-8H,5H2,1-4H3,(H,14,19)(H,15,16,17)/t8-/m1/s1. The van der Waals surface area contributed by atoms with Crippen molar-refractivity contribution in [2.24, 2.45) is 5.92 Å². The van der Waals surface area contributed by atoms with Crippen LogP contribution in [0.2, 0.25) is 0 Å². The maximum Gasteiger partial charge on any atom is 0.290 e. The van der Waals surface area contributed by atoms with E-state index in [1.165, 1.54) is 0 Å². The number of H-pyrrole nitrogens is 1. The molecule has 7 heteroatoms. The molecule has 0 aliphatic rings. The number of nitrogens with zero attached hydrogens (tertiary/aromatic N) is 3. The van der Waals surface area contributed by atoms with Crippen molar-refractivity contribution in [2.45, 2.75) is 40.2 Å². The van der Waals surface area contributed by atoms with Crippen LogP contribution in [0, 0.1) is 12.8 Å². The zero-order valence-corrected chi connectivity index (χ0v) is 12.1. The Labute approximate surface area is 117 Å². The van der Waals surface area contributed by atoms with Crippen molar-refractivity contribution in [1.82, 2.24) is 25.7 Å². The molecule has 2 heterocycles. The fourth-order valence-corrected chi connectivity index (χ4v) is 1.82. The SMILES string of the molecule is Cc1nc([C@@H](C)NC(=O)c2cc(CC(C)C)no2)n[nH]1. The quantitative estimate of drug-likeness (QED) is 0.868. The lowest BCUT2D eigenvalue weighted by Crippen LogP contribution is -2.27. The minimum atomic E-state index is -0.317. The number of amides is 1. The first kappa shape index (κ1) is 14.2. The van der Waals surface area contributed by atoms with E-state index in [0.717, 1.165) is 12.1 Å². The number of aryl methyl sites for hydroxylation is 1. The van der Waals surface area contributed by atoms with E-state index in [4.69, 9.17) is 4.52 Å². The lowest BCUT2D eigenvalue weighted by molar-refractivity contribution is 0.0901. The number of aromatic amines is 1. The van der Waals surface area contributed by atoms with Crippen LogP contribution >= 0.6 is 0 Å². The van der Waals surface area contributed by atoms with E-state index in [-0.39, 0.29) is 17.7 Å². The number of carbonyl (C=O) groups is 1. The Morgan fingerprint density at radius 2 is 2.20 bits per heavy atom. The van der Waals surface area contributed by atoms with E-state index < -0.39 is 0 Å². The highest BCUT2D eigenvalue weighted by Crippen LogP contribution is 2.11. The highest BCUT2D eigenvalue weighted by molar-refractivity contribution is 5.91. The number of hydrogen-bond acceptors (Lipinski definition) is 5. The number of nitrogens with one attached hydrogen (secondary N) is 2. The van der Waals surface area contributed by atoms with Gasteiger partial charge in [0.25, 0.3) is 5.91 Å². The zero-order chi connectivity index (χ0) is 14.7. The first-order chi connectivity index (χ1) is 9.45. The van der Waals surface area contributed by atoms with Crippen molar-refractivity contribution in [3.63, 3.8) is 0 Å². The monoisotopic (exact) mass is 277 g/mol. The number of carbonyl (C=O) groups excluding carboxylic acids is 1. The summed E-state index contributed by atoms with van der Waals surface area (Å²) in [6.45, 7) is 7.79. The third-order valence-electron chi connectivity index (χ3n) is 2.75. The van der Waals surface area contributed by atoms with Gasteiger partial charge in [0.2, 0.25) is 5.76 Å². The summed E-state index contributed by atoms with van der Waals surface area (Å²) in [6.07, 6.45) is 0.784. The molecule has 0 saturated carbocycles. The Bertz CT molecular complexity index is 587. The molecule has 0 aliphatic heterocycles. The van der Waals surface area contributed by atoms with Gasteiger partial charge in [-0.25, -0.2) is 4.98 Å². The van der Waals surface area contributed by atoms with Gasteiger partial charge in [-0.2, -0.15) is 5.10 Å². The lowest BCUT2D eigenvalue weighted by Gasteiger charge is -2.07. The van der Waals surface area contributed by atoms with Gasteiger partial charge in [0, 0.05) is 6.07 Å². The molecule has 2 N–H and O–H groups in total. The smallest absolute Gasteiger partial charge is 0.290 e.